The first kappa shape index (κ1) is 31.4. The van der Waals surface area contributed by atoms with E-state index in [0.717, 1.165) is 38.5 Å². The van der Waals surface area contributed by atoms with E-state index in [2.05, 4.69) is 26.1 Å². The zero-order valence-corrected chi connectivity index (χ0v) is 26.3. The maximum absolute atomic E-state index is 12.2. The smallest absolute Gasteiger partial charge is 0.748 e. The maximum atomic E-state index is 12.2. The van der Waals surface area contributed by atoms with Crippen LogP contribution in [-0.4, -0.2) is 64.8 Å². The Bertz CT molecular complexity index is 903. The van der Waals surface area contributed by atoms with Gasteiger partial charge in [0, 0.05) is 13.0 Å². The number of aliphatic hydroxyl groups excluding tert-OH is 3. The van der Waals surface area contributed by atoms with E-state index in [-0.39, 0.29) is 117 Å². The number of carbonyl (C=O) groups excluding carboxylic acids is 1. The van der Waals surface area contributed by atoms with Crippen molar-refractivity contribution < 1.29 is 84.5 Å². The van der Waals surface area contributed by atoms with Crippen molar-refractivity contribution in [3.63, 3.8) is 0 Å². The Balaban J connectivity index is 0.00000361. The third-order valence-electron chi connectivity index (χ3n) is 11.0. The van der Waals surface area contributed by atoms with E-state index < -0.39 is 28.1 Å². The average Bonchev–Trinajstić information content (AvgIpc) is 3.12. The molecule has 4 fully saturated rings. The van der Waals surface area contributed by atoms with Crippen molar-refractivity contribution in [2.75, 3.05) is 12.3 Å². The quantitative estimate of drug-likeness (QED) is 0.234. The molecule has 11 atom stereocenters. The summed E-state index contributed by atoms with van der Waals surface area (Å²) in [6, 6.07) is 0. The number of hydrogen-bond acceptors (Lipinski definition) is 7. The molecule has 4 rings (SSSR count). The van der Waals surface area contributed by atoms with E-state index in [4.69, 9.17) is 0 Å². The predicted molar refractivity (Wildman–Crippen MR) is 130 cm³/mol. The van der Waals surface area contributed by atoms with E-state index >= 15 is 0 Å². The van der Waals surface area contributed by atoms with Crippen molar-refractivity contribution >= 4 is 16.0 Å². The summed E-state index contributed by atoms with van der Waals surface area (Å²) >= 11 is 0. The molecule has 0 bridgehead atoms. The molecule has 4 aliphatic rings. The molecule has 4 aliphatic carbocycles. The summed E-state index contributed by atoms with van der Waals surface area (Å²) in [6.45, 7) is 6.48. The van der Waals surface area contributed by atoms with Crippen molar-refractivity contribution in [1.82, 2.24) is 5.32 Å². The average molecular weight is 554 g/mol. The summed E-state index contributed by atoms with van der Waals surface area (Å²) in [4.78, 5) is 12.2. The number of rotatable bonds is 7. The third-order valence-corrected chi connectivity index (χ3v) is 11.7. The second-order valence-electron chi connectivity index (χ2n) is 12.7. The van der Waals surface area contributed by atoms with Gasteiger partial charge in [-0.25, -0.2) is 8.42 Å². The Labute approximate surface area is 258 Å². The fourth-order valence-electron chi connectivity index (χ4n) is 9.10. The molecule has 1 amide bonds. The summed E-state index contributed by atoms with van der Waals surface area (Å²) in [5, 5.41) is 35.7. The van der Waals surface area contributed by atoms with Gasteiger partial charge in [0.15, 0.2) is 0 Å². The van der Waals surface area contributed by atoms with Crippen molar-refractivity contribution in [3.8, 4) is 0 Å². The number of fused-ring (bicyclic) bond motifs is 5. The van der Waals surface area contributed by atoms with Gasteiger partial charge in [0.1, 0.15) is 0 Å². The van der Waals surface area contributed by atoms with Crippen molar-refractivity contribution in [1.29, 1.82) is 0 Å². The third kappa shape index (κ3) is 5.98. The molecule has 8 nitrogen and oxygen atoms in total. The minimum Gasteiger partial charge on any atom is -0.748 e. The van der Waals surface area contributed by atoms with Gasteiger partial charge in [0.05, 0.1) is 34.2 Å². The molecule has 0 aromatic rings. The number of aliphatic hydroxyl groups is 3. The van der Waals surface area contributed by atoms with Crippen LogP contribution in [-0.2, 0) is 14.9 Å². The largest absolute Gasteiger partial charge is 1.00 e. The van der Waals surface area contributed by atoms with Gasteiger partial charge in [-0.2, -0.15) is 0 Å². The van der Waals surface area contributed by atoms with Crippen molar-refractivity contribution in [3.05, 3.63) is 0 Å². The van der Waals surface area contributed by atoms with Gasteiger partial charge in [0.25, 0.3) is 0 Å². The van der Waals surface area contributed by atoms with E-state index in [1.54, 1.807) is 0 Å². The van der Waals surface area contributed by atoms with Gasteiger partial charge in [-0.15, -0.1) is 0 Å². The van der Waals surface area contributed by atoms with Crippen molar-refractivity contribution in [2.45, 2.75) is 96.9 Å². The molecule has 0 aromatic carbocycles. The van der Waals surface area contributed by atoms with Gasteiger partial charge in [-0.3, -0.25) is 4.79 Å². The predicted octanol–water partition coefficient (Wildman–Crippen LogP) is -0.970. The molecular weight excluding hydrogens is 509 g/mol. The van der Waals surface area contributed by atoms with Gasteiger partial charge in [-0.1, -0.05) is 20.8 Å². The fourth-order valence-corrected chi connectivity index (χ4v) is 9.45. The first-order chi connectivity index (χ1) is 16.3. The molecule has 0 aliphatic heterocycles. The van der Waals surface area contributed by atoms with Crippen LogP contribution in [0.15, 0.2) is 0 Å². The minimum atomic E-state index is -4.35. The SMILES string of the molecule is CC(CCC(=O)NCCS(=O)(=O)[O-])C1CCC2C3C(O)CC4CC(O)CCC4(C)C3CC(O)C12C.[K+]. The van der Waals surface area contributed by atoms with Crippen LogP contribution < -0.4 is 56.7 Å². The van der Waals surface area contributed by atoms with Crippen LogP contribution in [0.25, 0.3) is 0 Å². The van der Waals surface area contributed by atoms with E-state index in [1.807, 2.05) is 0 Å². The van der Waals surface area contributed by atoms with Crippen LogP contribution in [0.4, 0.5) is 0 Å². The topological polar surface area (TPSA) is 147 Å². The Morgan fingerprint density at radius 2 is 1.78 bits per heavy atom. The fraction of sp³-hybridized carbons (Fsp3) is 0.962. The zero-order valence-electron chi connectivity index (χ0n) is 22.4. The Morgan fingerprint density at radius 1 is 1.08 bits per heavy atom. The second kappa shape index (κ2) is 11.8. The molecule has 36 heavy (non-hydrogen) atoms. The number of amides is 1. The van der Waals surface area contributed by atoms with Crippen LogP contribution in [0.5, 0.6) is 0 Å². The second-order valence-corrected chi connectivity index (χ2v) is 14.2. The summed E-state index contributed by atoms with van der Waals surface area (Å²) in [5.41, 5.74) is -0.267. The summed E-state index contributed by atoms with van der Waals surface area (Å²) < 4.78 is 32.2. The molecule has 0 radical (unpaired) electrons. The Hall–Kier alpha value is 0.896. The molecule has 4 saturated carbocycles. The van der Waals surface area contributed by atoms with Gasteiger partial charge in [-0.05, 0) is 97.7 Å². The molecule has 11 unspecified atom stereocenters. The van der Waals surface area contributed by atoms with Gasteiger partial charge in [0.2, 0.25) is 5.91 Å². The van der Waals surface area contributed by atoms with Crippen LogP contribution in [0.1, 0.15) is 78.6 Å². The van der Waals surface area contributed by atoms with Crippen LogP contribution in [0, 0.1) is 46.3 Å². The number of hydrogen-bond donors (Lipinski definition) is 4. The van der Waals surface area contributed by atoms with E-state index in [9.17, 15) is 33.1 Å². The standard InChI is InChI=1S/C26H45NO7S.K/c1-15(4-7-23(31)27-10-11-35(32,33)34)18-5-6-19-24-20(14-22(30)26(18,19)3)25(2)9-8-17(28)12-16(25)13-21(24)29;/h15-22,24,28-30H,4-14H2,1-3H3,(H,27,31)(H,32,33,34);/q;+1/p-1. The molecule has 10 heteroatoms. The molecular formula is C26H44KNO7S. The maximum Gasteiger partial charge on any atom is 1.00 e. The first-order valence-electron chi connectivity index (χ1n) is 13.5. The molecule has 4 N–H and O–H groups in total. The van der Waals surface area contributed by atoms with E-state index in [1.165, 1.54) is 0 Å². The van der Waals surface area contributed by atoms with E-state index in [0.29, 0.717) is 18.8 Å². The monoisotopic (exact) mass is 553 g/mol. The van der Waals surface area contributed by atoms with Gasteiger partial charge < -0.3 is 25.2 Å². The van der Waals surface area contributed by atoms with Crippen LogP contribution in [0.3, 0.4) is 0 Å². The normalized spacial score (nSPS) is 45.0. The zero-order chi connectivity index (χ0) is 25.8. The Kier molecular flexibility index (Phi) is 10.3. The minimum absolute atomic E-state index is 0. The molecule has 0 saturated heterocycles. The Morgan fingerprint density at radius 3 is 2.44 bits per heavy atom. The van der Waals surface area contributed by atoms with Crippen molar-refractivity contribution in [2.24, 2.45) is 46.3 Å². The summed E-state index contributed by atoms with van der Waals surface area (Å²) in [5.74, 6) is 0.522. The molecule has 0 spiro atoms. The first-order valence-corrected chi connectivity index (χ1v) is 15.1. The molecule has 0 heterocycles. The van der Waals surface area contributed by atoms with Crippen LogP contribution in [0.2, 0.25) is 0 Å². The van der Waals surface area contributed by atoms with Gasteiger partial charge >= 0.3 is 51.4 Å². The summed E-state index contributed by atoms with van der Waals surface area (Å²) in [7, 11) is -4.35. The number of carbonyl (C=O) groups is 1. The molecule has 0 aromatic heterocycles. The summed E-state index contributed by atoms with van der Waals surface area (Å²) in [6.07, 6.45) is 5.58. The van der Waals surface area contributed by atoms with Crippen LogP contribution >= 0.6 is 0 Å². The molecule has 202 valence electrons. The number of nitrogens with one attached hydrogen (secondary N) is 1.